The largest absolute Gasteiger partial charge is 0.464 e. The Labute approximate surface area is 100 Å². The number of ether oxygens (including phenoxy) is 1. The van der Waals surface area contributed by atoms with Crippen molar-refractivity contribution in [3.05, 3.63) is 39.0 Å². The number of carbonyl (C=O) groups excluding carboxylic acids is 1. The molecule has 1 aromatic heterocycles. The van der Waals surface area contributed by atoms with Crippen molar-refractivity contribution in [2.75, 3.05) is 7.11 Å². The van der Waals surface area contributed by atoms with Crippen molar-refractivity contribution < 1.29 is 14.5 Å². The number of H-pyrrole nitrogens is 1. The molecule has 0 amide bonds. The molecule has 88 valence electrons. The summed E-state index contributed by atoms with van der Waals surface area (Å²) in [6.07, 6.45) is 0. The minimum absolute atomic E-state index is 0.127. The van der Waals surface area contributed by atoms with Gasteiger partial charge in [0.1, 0.15) is 5.69 Å². The second kappa shape index (κ2) is 4.06. The number of benzene rings is 1. The minimum Gasteiger partial charge on any atom is -0.464 e. The molecule has 17 heavy (non-hydrogen) atoms. The average molecular weight is 255 g/mol. The van der Waals surface area contributed by atoms with E-state index in [1.54, 1.807) is 0 Å². The van der Waals surface area contributed by atoms with Crippen LogP contribution in [0, 0.1) is 10.1 Å². The molecule has 0 atom stereocenters. The number of hydrogen-bond acceptors (Lipinski definition) is 4. The Hall–Kier alpha value is -2.08. The van der Waals surface area contributed by atoms with Gasteiger partial charge in [-0.3, -0.25) is 10.1 Å². The lowest BCUT2D eigenvalue weighted by atomic mass is 10.2. The predicted octanol–water partition coefficient (Wildman–Crippen LogP) is 2.52. The van der Waals surface area contributed by atoms with Crippen LogP contribution in [0.2, 0.25) is 5.02 Å². The molecule has 0 unspecified atom stereocenters. The van der Waals surface area contributed by atoms with Gasteiger partial charge in [-0.05, 0) is 6.07 Å². The van der Waals surface area contributed by atoms with Gasteiger partial charge in [0.25, 0.3) is 5.69 Å². The highest BCUT2D eigenvalue weighted by Crippen LogP contribution is 2.29. The molecular weight excluding hydrogens is 248 g/mol. The fourth-order valence-corrected chi connectivity index (χ4v) is 1.78. The first-order chi connectivity index (χ1) is 8.02. The molecule has 0 spiro atoms. The zero-order chi connectivity index (χ0) is 12.6. The number of nitro benzene ring substituents is 1. The number of carbonyl (C=O) groups is 1. The van der Waals surface area contributed by atoms with Crippen LogP contribution in [0.1, 0.15) is 10.5 Å². The first-order valence-electron chi connectivity index (χ1n) is 4.58. The van der Waals surface area contributed by atoms with Crippen LogP contribution in [-0.4, -0.2) is 23.0 Å². The molecule has 0 aliphatic heterocycles. The summed E-state index contributed by atoms with van der Waals surface area (Å²) in [5, 5.41) is 11.3. The SMILES string of the molecule is COC(=O)c1cc2cc([N+](=O)[O-])cc(Cl)c2[nH]1. The zero-order valence-corrected chi connectivity index (χ0v) is 9.45. The van der Waals surface area contributed by atoms with Gasteiger partial charge in [-0.1, -0.05) is 11.6 Å². The minimum atomic E-state index is -0.556. The van der Waals surface area contributed by atoms with E-state index in [0.29, 0.717) is 10.9 Å². The fourth-order valence-electron chi connectivity index (χ4n) is 1.51. The van der Waals surface area contributed by atoms with Crippen molar-refractivity contribution in [3.63, 3.8) is 0 Å². The number of aromatic amines is 1. The third-order valence-corrected chi connectivity index (χ3v) is 2.58. The Morgan fingerprint density at radius 1 is 1.47 bits per heavy atom. The van der Waals surface area contributed by atoms with E-state index in [1.165, 1.54) is 25.3 Å². The summed E-state index contributed by atoms with van der Waals surface area (Å²) in [7, 11) is 1.25. The number of rotatable bonds is 2. The van der Waals surface area contributed by atoms with E-state index in [0.717, 1.165) is 0 Å². The van der Waals surface area contributed by atoms with E-state index in [4.69, 9.17) is 11.6 Å². The molecule has 0 fully saturated rings. The Kier molecular flexibility index (Phi) is 2.72. The van der Waals surface area contributed by atoms with Crippen molar-refractivity contribution in [3.8, 4) is 0 Å². The van der Waals surface area contributed by atoms with Gasteiger partial charge < -0.3 is 9.72 Å². The number of fused-ring (bicyclic) bond motifs is 1. The Balaban J connectivity index is 2.64. The fraction of sp³-hybridized carbons (Fsp3) is 0.100. The van der Waals surface area contributed by atoms with Gasteiger partial charge in [0.05, 0.1) is 22.6 Å². The lowest BCUT2D eigenvalue weighted by Gasteiger charge is -1.95. The summed E-state index contributed by atoms with van der Waals surface area (Å²) >= 11 is 5.88. The van der Waals surface area contributed by atoms with Crippen LogP contribution in [0.15, 0.2) is 18.2 Å². The zero-order valence-electron chi connectivity index (χ0n) is 8.69. The lowest BCUT2D eigenvalue weighted by Crippen LogP contribution is -2.00. The maximum Gasteiger partial charge on any atom is 0.354 e. The Morgan fingerprint density at radius 3 is 2.76 bits per heavy atom. The number of methoxy groups -OCH3 is 1. The Bertz CT molecular complexity index is 620. The van der Waals surface area contributed by atoms with Gasteiger partial charge in [-0.15, -0.1) is 0 Å². The third-order valence-electron chi connectivity index (χ3n) is 2.28. The highest BCUT2D eigenvalue weighted by atomic mass is 35.5. The monoisotopic (exact) mass is 254 g/mol. The molecule has 0 saturated heterocycles. The topological polar surface area (TPSA) is 85.2 Å². The summed E-state index contributed by atoms with van der Waals surface area (Å²) < 4.78 is 4.54. The van der Waals surface area contributed by atoms with E-state index in [1.807, 2.05) is 0 Å². The van der Waals surface area contributed by atoms with E-state index in [2.05, 4.69) is 9.72 Å². The van der Waals surface area contributed by atoms with Gasteiger partial charge >= 0.3 is 5.97 Å². The summed E-state index contributed by atoms with van der Waals surface area (Å²) in [5.74, 6) is -0.556. The second-order valence-corrected chi connectivity index (χ2v) is 3.73. The van der Waals surface area contributed by atoms with E-state index in [-0.39, 0.29) is 16.4 Å². The molecule has 0 aliphatic rings. The molecule has 1 N–H and O–H groups in total. The highest BCUT2D eigenvalue weighted by Gasteiger charge is 2.15. The molecule has 0 saturated carbocycles. The van der Waals surface area contributed by atoms with Gasteiger partial charge in [0.2, 0.25) is 0 Å². The second-order valence-electron chi connectivity index (χ2n) is 3.32. The van der Waals surface area contributed by atoms with E-state index < -0.39 is 10.9 Å². The third kappa shape index (κ3) is 1.94. The first-order valence-corrected chi connectivity index (χ1v) is 4.95. The van der Waals surface area contributed by atoms with Crippen LogP contribution in [0.5, 0.6) is 0 Å². The van der Waals surface area contributed by atoms with Crippen molar-refractivity contribution in [1.29, 1.82) is 0 Å². The molecule has 1 heterocycles. The van der Waals surface area contributed by atoms with E-state index in [9.17, 15) is 14.9 Å². The molecule has 7 heteroatoms. The van der Waals surface area contributed by atoms with Gasteiger partial charge in [-0.2, -0.15) is 0 Å². The number of esters is 1. The summed E-state index contributed by atoms with van der Waals surface area (Å²) in [6, 6.07) is 4.02. The Morgan fingerprint density at radius 2 is 2.18 bits per heavy atom. The highest BCUT2D eigenvalue weighted by molar-refractivity contribution is 6.35. The number of non-ortho nitro benzene ring substituents is 1. The molecule has 2 rings (SSSR count). The molecule has 0 radical (unpaired) electrons. The van der Waals surface area contributed by atoms with Crippen molar-refractivity contribution in [2.45, 2.75) is 0 Å². The number of nitrogens with zero attached hydrogens (tertiary/aromatic N) is 1. The van der Waals surface area contributed by atoms with Crippen LogP contribution < -0.4 is 0 Å². The number of halogens is 1. The summed E-state index contributed by atoms with van der Waals surface area (Å²) in [6.45, 7) is 0. The average Bonchev–Trinajstić information content (AvgIpc) is 2.72. The van der Waals surface area contributed by atoms with Gasteiger partial charge in [-0.25, -0.2) is 4.79 Å². The summed E-state index contributed by atoms with van der Waals surface area (Å²) in [4.78, 5) is 24.1. The maximum absolute atomic E-state index is 11.3. The maximum atomic E-state index is 11.3. The molecule has 0 bridgehead atoms. The van der Waals surface area contributed by atoms with Crippen LogP contribution in [0.4, 0.5) is 5.69 Å². The quantitative estimate of drug-likeness (QED) is 0.507. The van der Waals surface area contributed by atoms with Gasteiger partial charge in [0.15, 0.2) is 0 Å². The van der Waals surface area contributed by atoms with Crippen molar-refractivity contribution >= 4 is 34.2 Å². The van der Waals surface area contributed by atoms with Crippen LogP contribution in [-0.2, 0) is 4.74 Å². The molecule has 2 aromatic rings. The normalized spacial score (nSPS) is 10.5. The lowest BCUT2D eigenvalue weighted by molar-refractivity contribution is -0.384. The van der Waals surface area contributed by atoms with E-state index >= 15 is 0 Å². The number of nitro groups is 1. The number of nitrogens with one attached hydrogen (secondary N) is 1. The summed E-state index contributed by atoms with van der Waals surface area (Å²) in [5.41, 5.74) is 0.542. The molecule has 1 aromatic carbocycles. The molecule has 6 nitrogen and oxygen atoms in total. The first kappa shape index (κ1) is 11.4. The molecular formula is C10H7ClN2O4. The standard InChI is InChI=1S/C10H7ClN2O4/c1-17-10(14)8-3-5-2-6(13(15)16)4-7(11)9(5)12-8/h2-4,12H,1H3. The molecule has 0 aliphatic carbocycles. The van der Waals surface area contributed by atoms with Crippen molar-refractivity contribution in [1.82, 2.24) is 4.98 Å². The van der Waals surface area contributed by atoms with Crippen molar-refractivity contribution in [2.24, 2.45) is 0 Å². The predicted molar refractivity (Wildman–Crippen MR) is 61.3 cm³/mol. The number of hydrogen-bond donors (Lipinski definition) is 1. The smallest absolute Gasteiger partial charge is 0.354 e. The van der Waals surface area contributed by atoms with Crippen LogP contribution in [0.25, 0.3) is 10.9 Å². The van der Waals surface area contributed by atoms with Gasteiger partial charge in [0, 0.05) is 17.5 Å². The number of aromatic nitrogens is 1. The van der Waals surface area contributed by atoms with Crippen LogP contribution >= 0.6 is 11.6 Å². The van der Waals surface area contributed by atoms with Crippen LogP contribution in [0.3, 0.4) is 0 Å².